The van der Waals surface area contributed by atoms with Gasteiger partial charge in [-0.05, 0) is 6.07 Å². The number of nitro groups is 1. The van der Waals surface area contributed by atoms with Crippen LogP contribution in [0.1, 0.15) is 0 Å². The maximum absolute atomic E-state index is 12.6. The van der Waals surface area contributed by atoms with E-state index >= 15 is 0 Å². The van der Waals surface area contributed by atoms with Crippen molar-refractivity contribution in [1.29, 1.82) is 0 Å². The molecule has 0 heterocycles. The Morgan fingerprint density at radius 1 is 1.47 bits per heavy atom. The van der Waals surface area contributed by atoms with Crippen molar-refractivity contribution >= 4 is 5.69 Å². The molecule has 0 radical (unpaired) electrons. The first kappa shape index (κ1) is 11.3. The summed E-state index contributed by atoms with van der Waals surface area (Å²) in [6.45, 7) is 0. The summed E-state index contributed by atoms with van der Waals surface area (Å²) in [7, 11) is 0.761. The molecule has 0 aromatic heterocycles. The molecule has 0 saturated carbocycles. The third kappa shape index (κ3) is 3.13. The molecule has 0 N–H and O–H groups in total. The third-order valence-electron chi connectivity index (χ3n) is 1.50. The van der Waals surface area contributed by atoms with Crippen LogP contribution >= 0.6 is 0 Å². The molecule has 82 valence electrons. The lowest BCUT2D eigenvalue weighted by molar-refractivity contribution is -0.385. The Morgan fingerprint density at radius 2 is 2.13 bits per heavy atom. The monoisotopic (exact) mass is 219 g/mol. The van der Waals surface area contributed by atoms with E-state index in [0.29, 0.717) is 0 Å². The van der Waals surface area contributed by atoms with Crippen molar-refractivity contribution in [2.75, 3.05) is 7.11 Å². The van der Waals surface area contributed by atoms with E-state index in [1.807, 2.05) is 0 Å². The van der Waals surface area contributed by atoms with Crippen LogP contribution in [-0.4, -0.2) is 18.3 Å². The number of benzene rings is 1. The first-order chi connectivity index (χ1) is 6.94. The lowest BCUT2D eigenvalue weighted by Gasteiger charge is -2.14. The van der Waals surface area contributed by atoms with Crippen molar-refractivity contribution in [3.8, 4) is 5.75 Å². The van der Waals surface area contributed by atoms with Crippen LogP contribution in [0.4, 0.5) is 14.5 Å². The number of hydrogen-bond acceptors (Lipinski definition) is 4. The van der Waals surface area contributed by atoms with Gasteiger partial charge in [-0.2, -0.15) is 0 Å². The highest BCUT2D eigenvalue weighted by molar-refractivity contribution is 5.37. The molecule has 0 aliphatic carbocycles. The largest absolute Gasteiger partial charge is 0.535 e. The van der Waals surface area contributed by atoms with E-state index in [9.17, 15) is 18.9 Å². The zero-order valence-corrected chi connectivity index (χ0v) is 7.65. The minimum Gasteiger partial charge on any atom is -0.409 e. The van der Waals surface area contributed by atoms with Crippen LogP contribution in [0.2, 0.25) is 0 Å². The molecular weight excluding hydrogens is 212 g/mol. The number of halogens is 2. The predicted molar refractivity (Wildman–Crippen MR) is 45.7 cm³/mol. The van der Waals surface area contributed by atoms with Gasteiger partial charge in [-0.3, -0.25) is 14.9 Å². The second-order valence-electron chi connectivity index (χ2n) is 2.52. The van der Waals surface area contributed by atoms with E-state index in [2.05, 4.69) is 9.47 Å². The summed E-state index contributed by atoms with van der Waals surface area (Å²) in [6, 6.07) is 4.45. The quantitative estimate of drug-likeness (QED) is 0.442. The van der Waals surface area contributed by atoms with Crippen molar-refractivity contribution in [3.05, 3.63) is 34.4 Å². The van der Waals surface area contributed by atoms with Gasteiger partial charge < -0.3 is 4.74 Å². The third-order valence-corrected chi connectivity index (χ3v) is 1.50. The molecule has 0 bridgehead atoms. The number of nitrogens with zero attached hydrogens (tertiary/aromatic N) is 1. The standard InChI is InChI=1S/C8H7F2NO4/c1-14-8(9,10)15-7-4-2-3-6(5-7)11(12)13/h2-5H,1H3. The van der Waals surface area contributed by atoms with Crippen LogP contribution in [0.3, 0.4) is 0 Å². The van der Waals surface area contributed by atoms with E-state index in [-0.39, 0.29) is 11.4 Å². The molecule has 0 aliphatic heterocycles. The Morgan fingerprint density at radius 3 is 2.67 bits per heavy atom. The van der Waals surface area contributed by atoms with Crippen LogP contribution in [0.25, 0.3) is 0 Å². The fourth-order valence-corrected chi connectivity index (χ4v) is 0.839. The molecule has 0 atom stereocenters. The van der Waals surface area contributed by atoms with Gasteiger partial charge >= 0.3 is 6.29 Å². The van der Waals surface area contributed by atoms with E-state index < -0.39 is 11.2 Å². The zero-order chi connectivity index (χ0) is 11.5. The number of nitro benzene ring substituents is 1. The van der Waals surface area contributed by atoms with Crippen LogP contribution in [0.15, 0.2) is 24.3 Å². The summed E-state index contributed by atoms with van der Waals surface area (Å²) >= 11 is 0. The SMILES string of the molecule is COC(F)(F)Oc1cccc([N+](=O)[O-])c1. The highest BCUT2D eigenvalue weighted by Crippen LogP contribution is 2.25. The first-order valence-corrected chi connectivity index (χ1v) is 3.81. The van der Waals surface area contributed by atoms with Crippen LogP contribution in [0.5, 0.6) is 5.75 Å². The highest BCUT2D eigenvalue weighted by atomic mass is 19.3. The van der Waals surface area contributed by atoms with E-state index in [0.717, 1.165) is 19.2 Å². The fourth-order valence-electron chi connectivity index (χ4n) is 0.839. The molecule has 0 aliphatic rings. The van der Waals surface area contributed by atoms with E-state index in [4.69, 9.17) is 0 Å². The molecule has 1 rings (SSSR count). The molecule has 0 unspecified atom stereocenters. The summed E-state index contributed by atoms with van der Waals surface area (Å²) < 4.78 is 32.9. The Hall–Kier alpha value is -1.76. The number of rotatable bonds is 4. The molecule has 0 spiro atoms. The van der Waals surface area contributed by atoms with Crippen LogP contribution in [-0.2, 0) is 4.74 Å². The molecule has 0 amide bonds. The van der Waals surface area contributed by atoms with Gasteiger partial charge in [0.25, 0.3) is 5.69 Å². The number of non-ortho nitro benzene ring substituents is 1. The molecular formula is C8H7F2NO4. The predicted octanol–water partition coefficient (Wildman–Crippen LogP) is 2.17. The van der Waals surface area contributed by atoms with Crippen molar-refractivity contribution < 1.29 is 23.2 Å². The Balaban J connectivity index is 2.87. The lowest BCUT2D eigenvalue weighted by Crippen LogP contribution is -2.26. The molecule has 5 nitrogen and oxygen atoms in total. The van der Waals surface area contributed by atoms with Gasteiger partial charge in [0.05, 0.1) is 11.0 Å². The molecule has 1 aromatic carbocycles. The molecule has 1 aromatic rings. The van der Waals surface area contributed by atoms with Gasteiger partial charge in [0, 0.05) is 13.2 Å². The van der Waals surface area contributed by atoms with Crippen molar-refractivity contribution in [1.82, 2.24) is 0 Å². The van der Waals surface area contributed by atoms with Gasteiger partial charge in [-0.25, -0.2) is 0 Å². The van der Waals surface area contributed by atoms with E-state index in [1.54, 1.807) is 0 Å². The molecule has 0 fully saturated rings. The average molecular weight is 219 g/mol. The Labute approximate surface area is 83.4 Å². The second kappa shape index (κ2) is 4.18. The van der Waals surface area contributed by atoms with Crippen LogP contribution in [0, 0.1) is 10.1 Å². The van der Waals surface area contributed by atoms with Crippen LogP contribution < -0.4 is 4.74 Å². The average Bonchev–Trinajstić information content (AvgIpc) is 2.17. The molecule has 15 heavy (non-hydrogen) atoms. The van der Waals surface area contributed by atoms with Gasteiger partial charge in [0.15, 0.2) is 0 Å². The normalized spacial score (nSPS) is 11.1. The highest BCUT2D eigenvalue weighted by Gasteiger charge is 2.32. The van der Waals surface area contributed by atoms with Crippen molar-refractivity contribution in [2.45, 2.75) is 6.29 Å². The first-order valence-electron chi connectivity index (χ1n) is 3.81. The van der Waals surface area contributed by atoms with Crippen molar-refractivity contribution in [3.63, 3.8) is 0 Å². The van der Waals surface area contributed by atoms with Gasteiger partial charge in [-0.15, -0.1) is 8.78 Å². The maximum atomic E-state index is 12.6. The van der Waals surface area contributed by atoms with Gasteiger partial charge in [0.2, 0.25) is 0 Å². The number of ether oxygens (including phenoxy) is 2. The Kier molecular flexibility index (Phi) is 3.15. The van der Waals surface area contributed by atoms with E-state index in [1.165, 1.54) is 12.1 Å². The number of alkyl halides is 2. The summed E-state index contributed by atoms with van der Waals surface area (Å²) in [5, 5.41) is 10.3. The molecule has 7 heteroatoms. The van der Waals surface area contributed by atoms with Crippen molar-refractivity contribution in [2.24, 2.45) is 0 Å². The van der Waals surface area contributed by atoms with Gasteiger partial charge in [0.1, 0.15) is 5.75 Å². The zero-order valence-electron chi connectivity index (χ0n) is 7.65. The number of hydrogen-bond donors (Lipinski definition) is 0. The lowest BCUT2D eigenvalue weighted by atomic mass is 10.3. The minimum absolute atomic E-state index is 0.334. The summed E-state index contributed by atoms with van der Waals surface area (Å²) in [4.78, 5) is 9.61. The smallest absolute Gasteiger partial charge is 0.409 e. The summed E-state index contributed by atoms with van der Waals surface area (Å²) in [6.07, 6.45) is -3.80. The summed E-state index contributed by atoms with van der Waals surface area (Å²) in [5.74, 6) is -0.337. The topological polar surface area (TPSA) is 61.6 Å². The van der Waals surface area contributed by atoms with Gasteiger partial charge in [-0.1, -0.05) is 6.07 Å². The Bertz CT molecular complexity index is 369. The minimum atomic E-state index is -3.80. The maximum Gasteiger partial charge on any atom is 0.535 e. The number of methoxy groups -OCH3 is 1. The summed E-state index contributed by atoms with van der Waals surface area (Å²) in [5.41, 5.74) is -0.334. The second-order valence-corrected chi connectivity index (χ2v) is 2.52. The fraction of sp³-hybridized carbons (Fsp3) is 0.250. The molecule has 0 saturated heterocycles.